The van der Waals surface area contributed by atoms with E-state index in [4.69, 9.17) is 16.6 Å². The molecule has 0 spiro atoms. The van der Waals surface area contributed by atoms with E-state index in [0.29, 0.717) is 25.8 Å². The zero-order valence-electron chi connectivity index (χ0n) is 34.7. The Morgan fingerprint density at radius 3 is 1.60 bits per heavy atom. The molecule has 7 amide bonds. The van der Waals surface area contributed by atoms with Crippen molar-refractivity contribution in [3.63, 3.8) is 0 Å². The fourth-order valence-corrected chi connectivity index (χ4v) is 5.46. The molecule has 0 aliphatic carbocycles. The Kier molecular flexibility index (Phi) is 23.9. The topological polar surface area (TPSA) is 330 Å². The van der Waals surface area contributed by atoms with Crippen molar-refractivity contribution < 1.29 is 53.4 Å². The van der Waals surface area contributed by atoms with Crippen molar-refractivity contribution in [1.29, 1.82) is 0 Å². The van der Waals surface area contributed by atoms with Crippen LogP contribution in [0.1, 0.15) is 101 Å². The summed E-state index contributed by atoms with van der Waals surface area (Å²) in [7, 11) is 0. The fraction of sp³-hybridized carbons (Fsp3) is 0.757. The van der Waals surface area contributed by atoms with E-state index in [1.807, 2.05) is 13.8 Å². The number of carboxylic acid groups (broad SMARTS) is 2. The van der Waals surface area contributed by atoms with E-state index in [-0.39, 0.29) is 18.8 Å². The van der Waals surface area contributed by atoms with Crippen LogP contribution < -0.4 is 48.7 Å². The molecule has 0 aliphatic heterocycles. The van der Waals surface area contributed by atoms with Gasteiger partial charge in [0.25, 0.3) is 0 Å². The number of amides is 7. The van der Waals surface area contributed by atoms with Gasteiger partial charge in [0.15, 0.2) is 0 Å². The van der Waals surface area contributed by atoms with Crippen molar-refractivity contribution in [2.24, 2.45) is 35.1 Å². The summed E-state index contributed by atoms with van der Waals surface area (Å²) in [5.41, 5.74) is 11.1. The number of nitrogens with one attached hydrogen (secondary N) is 7. The third-order valence-electron chi connectivity index (χ3n) is 9.11. The number of rotatable bonds is 27. The van der Waals surface area contributed by atoms with Crippen LogP contribution >= 0.6 is 0 Å². The quantitative estimate of drug-likeness (QED) is 0.0419. The Bertz CT molecular complexity index is 1390. The van der Waals surface area contributed by atoms with Gasteiger partial charge in [-0.05, 0) is 62.8 Å². The minimum absolute atomic E-state index is 0.0675. The Morgan fingerprint density at radius 2 is 1.11 bits per heavy atom. The summed E-state index contributed by atoms with van der Waals surface area (Å²) >= 11 is 0. The molecule has 0 aromatic carbocycles. The first-order chi connectivity index (χ1) is 26.5. The smallest absolute Gasteiger partial charge is 0.326 e. The zero-order chi connectivity index (χ0) is 44.2. The second-order valence-corrected chi connectivity index (χ2v) is 15.4. The standard InChI is InChI=1S/C37H67N9O11/c1-10-21(8)30(46-32(51)23(39)16-27(48)49)36(55)45-28(19(4)5)34(53)40-17-26(47)41-22(9)31(50)44-29(20(6)7)35(54)43-25(15-18(2)3)33(52)42-24(37(56)57)13-11-12-14-38/h18-25,28-30H,10-17,38-39H2,1-9H3,(H,40,53)(H,41,47)(H,42,52)(H,43,54)(H,44,50)(H,45,55)(H,46,51)(H,48,49)(H,56,57)/t21?,22-,23-,24-,25-,28-,29-,30-/m0/s1. The van der Waals surface area contributed by atoms with Crippen molar-refractivity contribution in [2.75, 3.05) is 13.1 Å². The molecule has 0 aliphatic rings. The monoisotopic (exact) mass is 813 g/mol. The maximum absolute atomic E-state index is 13.4. The number of carboxylic acids is 2. The van der Waals surface area contributed by atoms with Gasteiger partial charge >= 0.3 is 11.9 Å². The van der Waals surface area contributed by atoms with Crippen molar-refractivity contribution in [3.05, 3.63) is 0 Å². The van der Waals surface area contributed by atoms with Gasteiger partial charge in [-0.1, -0.05) is 61.8 Å². The molecule has 0 heterocycles. The molecule has 0 saturated carbocycles. The number of aliphatic carboxylic acids is 2. The van der Waals surface area contributed by atoms with E-state index in [2.05, 4.69) is 37.2 Å². The Hall–Kier alpha value is -4.85. The summed E-state index contributed by atoms with van der Waals surface area (Å²) in [6.45, 7) is 14.9. The highest BCUT2D eigenvalue weighted by Gasteiger charge is 2.34. The van der Waals surface area contributed by atoms with Gasteiger partial charge < -0.3 is 58.9 Å². The minimum Gasteiger partial charge on any atom is -0.481 e. The van der Waals surface area contributed by atoms with E-state index in [9.17, 15) is 48.3 Å². The highest BCUT2D eigenvalue weighted by Crippen LogP contribution is 2.12. The second-order valence-electron chi connectivity index (χ2n) is 15.4. The summed E-state index contributed by atoms with van der Waals surface area (Å²) in [4.78, 5) is 114. The van der Waals surface area contributed by atoms with Gasteiger partial charge in [0.2, 0.25) is 41.4 Å². The number of carbonyl (C=O) groups is 9. The lowest BCUT2D eigenvalue weighted by Crippen LogP contribution is -2.60. The van der Waals surface area contributed by atoms with Gasteiger partial charge in [0.05, 0.1) is 19.0 Å². The van der Waals surface area contributed by atoms with Crippen LogP contribution in [0.5, 0.6) is 0 Å². The summed E-state index contributed by atoms with van der Waals surface area (Å²) in [6, 6.07) is -8.31. The van der Waals surface area contributed by atoms with Gasteiger partial charge in [-0.15, -0.1) is 0 Å². The molecule has 8 atom stereocenters. The van der Waals surface area contributed by atoms with Gasteiger partial charge in [0, 0.05) is 0 Å². The highest BCUT2D eigenvalue weighted by molar-refractivity contribution is 5.97. The average Bonchev–Trinajstić information content (AvgIpc) is 3.11. The fourth-order valence-electron chi connectivity index (χ4n) is 5.46. The first-order valence-corrected chi connectivity index (χ1v) is 19.5. The molecule has 57 heavy (non-hydrogen) atoms. The molecule has 0 rings (SSSR count). The van der Waals surface area contributed by atoms with Crippen LogP contribution in [0, 0.1) is 23.7 Å². The number of hydrogen-bond acceptors (Lipinski definition) is 11. The predicted octanol–water partition coefficient (Wildman–Crippen LogP) is -1.55. The molecule has 0 saturated heterocycles. The molecule has 20 heteroatoms. The van der Waals surface area contributed by atoms with Crippen LogP contribution in [0.2, 0.25) is 0 Å². The third-order valence-corrected chi connectivity index (χ3v) is 9.11. The Labute approximate surface area is 334 Å². The number of hydrogen-bond donors (Lipinski definition) is 11. The van der Waals surface area contributed by atoms with Crippen LogP contribution in [0.25, 0.3) is 0 Å². The molecular weight excluding hydrogens is 746 g/mol. The number of nitrogens with two attached hydrogens (primary N) is 2. The van der Waals surface area contributed by atoms with Crippen molar-refractivity contribution >= 4 is 53.3 Å². The minimum atomic E-state index is -1.40. The maximum Gasteiger partial charge on any atom is 0.326 e. The van der Waals surface area contributed by atoms with E-state index in [1.54, 1.807) is 41.5 Å². The van der Waals surface area contributed by atoms with Crippen molar-refractivity contribution in [3.8, 4) is 0 Å². The van der Waals surface area contributed by atoms with Crippen LogP contribution in [0.4, 0.5) is 0 Å². The molecule has 1 unspecified atom stereocenters. The molecule has 326 valence electrons. The van der Waals surface area contributed by atoms with Gasteiger partial charge in [-0.3, -0.25) is 38.4 Å². The van der Waals surface area contributed by atoms with Crippen LogP contribution in [-0.4, -0.2) is 119 Å². The molecule has 0 radical (unpaired) electrons. The molecule has 20 nitrogen and oxygen atoms in total. The summed E-state index contributed by atoms with van der Waals surface area (Å²) in [6.07, 6.45) is 1.19. The van der Waals surface area contributed by atoms with Crippen LogP contribution in [-0.2, 0) is 43.2 Å². The Morgan fingerprint density at radius 1 is 0.596 bits per heavy atom. The zero-order valence-corrected chi connectivity index (χ0v) is 34.7. The second kappa shape index (κ2) is 26.1. The molecule has 13 N–H and O–H groups in total. The lowest BCUT2D eigenvalue weighted by Gasteiger charge is -2.28. The number of unbranched alkanes of at least 4 members (excludes halogenated alkanes) is 1. The largest absolute Gasteiger partial charge is 0.481 e. The van der Waals surface area contributed by atoms with E-state index < -0.39 is 126 Å². The lowest BCUT2D eigenvalue weighted by atomic mass is 9.96. The normalized spacial score (nSPS) is 15.5. The van der Waals surface area contributed by atoms with E-state index in [0.717, 1.165) is 0 Å². The van der Waals surface area contributed by atoms with E-state index in [1.165, 1.54) is 6.92 Å². The summed E-state index contributed by atoms with van der Waals surface area (Å²) in [5, 5.41) is 36.2. The lowest BCUT2D eigenvalue weighted by molar-refractivity contribution is -0.142. The SMILES string of the molecule is CCC(C)[C@H](NC(=O)[C@@H](N)CC(=O)O)C(=O)N[C@H](C(=O)NCC(=O)N[C@@H](C)C(=O)N[C@H](C(=O)N[C@@H](CC(C)C)C(=O)N[C@@H](CCCCN)C(=O)O)C(C)C)C(C)C. The predicted molar refractivity (Wildman–Crippen MR) is 210 cm³/mol. The average molecular weight is 814 g/mol. The molecular formula is C37H67N9O11. The molecule has 0 bridgehead atoms. The van der Waals surface area contributed by atoms with Gasteiger partial charge in [-0.2, -0.15) is 0 Å². The summed E-state index contributed by atoms with van der Waals surface area (Å²) in [5.74, 6) is -9.14. The van der Waals surface area contributed by atoms with E-state index >= 15 is 0 Å². The number of carbonyl (C=O) groups excluding carboxylic acids is 7. The van der Waals surface area contributed by atoms with Crippen molar-refractivity contribution in [2.45, 2.75) is 143 Å². The first kappa shape index (κ1) is 52.2. The van der Waals surface area contributed by atoms with Crippen LogP contribution in [0.15, 0.2) is 0 Å². The van der Waals surface area contributed by atoms with Gasteiger partial charge in [0.1, 0.15) is 36.3 Å². The maximum atomic E-state index is 13.4. The molecule has 0 aromatic rings. The van der Waals surface area contributed by atoms with Gasteiger partial charge in [-0.25, -0.2) is 4.79 Å². The Balaban J connectivity index is 5.57. The summed E-state index contributed by atoms with van der Waals surface area (Å²) < 4.78 is 0. The third kappa shape index (κ3) is 19.7. The van der Waals surface area contributed by atoms with Crippen LogP contribution in [0.3, 0.4) is 0 Å². The molecule has 0 aromatic heterocycles. The van der Waals surface area contributed by atoms with Crippen molar-refractivity contribution in [1.82, 2.24) is 37.2 Å². The first-order valence-electron chi connectivity index (χ1n) is 19.5. The molecule has 0 fully saturated rings. The highest BCUT2D eigenvalue weighted by atomic mass is 16.4.